The van der Waals surface area contributed by atoms with Crippen LogP contribution in [0.2, 0.25) is 5.02 Å². The molecule has 2 saturated carbocycles. The molecule has 2 aliphatic rings. The van der Waals surface area contributed by atoms with Crippen molar-refractivity contribution in [3.05, 3.63) is 29.3 Å². The van der Waals surface area contributed by atoms with Gasteiger partial charge in [-0.2, -0.15) is 0 Å². The van der Waals surface area contributed by atoms with Crippen LogP contribution in [0.3, 0.4) is 0 Å². The minimum Gasteiger partial charge on any atom is -0.353 e. The van der Waals surface area contributed by atoms with Crippen molar-refractivity contribution in [2.45, 2.75) is 55.5 Å². The van der Waals surface area contributed by atoms with Crippen molar-refractivity contribution in [3.63, 3.8) is 0 Å². The molecule has 27 heavy (non-hydrogen) atoms. The van der Waals surface area contributed by atoms with Crippen LogP contribution in [0, 0.1) is 11.8 Å². The lowest BCUT2D eigenvalue weighted by Crippen LogP contribution is -2.54. The number of carbonyl (C=O) groups is 1. The SMILES string of the molecule is Cl.NC1CC2CCCC(C1)C2NC(=O)CCNS(=O)(=O)c1cccc(Cl)c1. The molecule has 1 aromatic rings. The van der Waals surface area contributed by atoms with Crippen LogP contribution in [0.15, 0.2) is 29.2 Å². The van der Waals surface area contributed by atoms with Crippen LogP contribution >= 0.6 is 24.0 Å². The van der Waals surface area contributed by atoms with Gasteiger partial charge in [0.1, 0.15) is 0 Å². The highest BCUT2D eigenvalue weighted by Gasteiger charge is 2.39. The number of nitrogens with one attached hydrogen (secondary N) is 2. The van der Waals surface area contributed by atoms with Crippen molar-refractivity contribution in [2.24, 2.45) is 17.6 Å². The van der Waals surface area contributed by atoms with Crippen molar-refractivity contribution < 1.29 is 13.2 Å². The first-order valence-electron chi connectivity index (χ1n) is 9.15. The van der Waals surface area contributed by atoms with Gasteiger partial charge in [-0.3, -0.25) is 4.79 Å². The van der Waals surface area contributed by atoms with Gasteiger partial charge in [-0.05, 0) is 55.7 Å². The van der Waals surface area contributed by atoms with Gasteiger partial charge in [-0.25, -0.2) is 13.1 Å². The highest BCUT2D eigenvalue weighted by molar-refractivity contribution is 7.89. The molecule has 1 amide bonds. The molecule has 2 bridgehead atoms. The molecule has 0 aromatic heterocycles. The molecule has 2 unspecified atom stereocenters. The predicted octanol–water partition coefficient (Wildman–Crippen LogP) is 2.45. The zero-order valence-electron chi connectivity index (χ0n) is 15.1. The highest BCUT2D eigenvalue weighted by atomic mass is 35.5. The average molecular weight is 436 g/mol. The van der Waals surface area contributed by atoms with E-state index in [1.54, 1.807) is 12.1 Å². The number of hydrogen-bond acceptors (Lipinski definition) is 4. The minimum atomic E-state index is -3.66. The van der Waals surface area contributed by atoms with E-state index in [2.05, 4.69) is 10.0 Å². The molecular formula is C18H27Cl2N3O3S. The Kier molecular flexibility index (Phi) is 7.94. The number of nitrogens with two attached hydrogens (primary N) is 1. The fourth-order valence-corrected chi connectivity index (χ4v) is 5.63. The summed E-state index contributed by atoms with van der Waals surface area (Å²) in [7, 11) is -3.66. The third-order valence-electron chi connectivity index (χ3n) is 5.45. The molecule has 0 radical (unpaired) electrons. The monoisotopic (exact) mass is 435 g/mol. The van der Waals surface area contributed by atoms with Gasteiger partial charge in [-0.1, -0.05) is 24.1 Å². The molecule has 0 spiro atoms. The number of hydrogen-bond donors (Lipinski definition) is 3. The summed E-state index contributed by atoms with van der Waals surface area (Å²) in [5.41, 5.74) is 6.11. The van der Waals surface area contributed by atoms with Gasteiger partial charge in [0, 0.05) is 30.1 Å². The molecule has 0 saturated heterocycles. The van der Waals surface area contributed by atoms with Crippen LogP contribution in [0.25, 0.3) is 0 Å². The van der Waals surface area contributed by atoms with E-state index in [1.165, 1.54) is 18.6 Å². The number of fused-ring (bicyclic) bond motifs is 2. The van der Waals surface area contributed by atoms with E-state index in [9.17, 15) is 13.2 Å². The van der Waals surface area contributed by atoms with Gasteiger partial charge in [0.05, 0.1) is 4.90 Å². The van der Waals surface area contributed by atoms with Crippen LogP contribution in [-0.2, 0) is 14.8 Å². The lowest BCUT2D eigenvalue weighted by molar-refractivity contribution is -0.123. The molecule has 3 rings (SSSR count). The van der Waals surface area contributed by atoms with E-state index in [0.717, 1.165) is 25.7 Å². The molecule has 1 aromatic carbocycles. The third-order valence-corrected chi connectivity index (χ3v) is 7.15. The Hall–Kier alpha value is -0.860. The van der Waals surface area contributed by atoms with Crippen molar-refractivity contribution in [1.82, 2.24) is 10.0 Å². The first-order valence-corrected chi connectivity index (χ1v) is 11.0. The minimum absolute atomic E-state index is 0. The van der Waals surface area contributed by atoms with Gasteiger partial charge in [0.25, 0.3) is 0 Å². The Morgan fingerprint density at radius 1 is 1.22 bits per heavy atom. The van der Waals surface area contributed by atoms with E-state index < -0.39 is 10.0 Å². The Morgan fingerprint density at radius 3 is 2.52 bits per heavy atom. The maximum absolute atomic E-state index is 12.3. The van der Waals surface area contributed by atoms with Gasteiger partial charge >= 0.3 is 0 Å². The quantitative estimate of drug-likeness (QED) is 0.638. The van der Waals surface area contributed by atoms with Crippen LogP contribution in [-0.4, -0.2) is 33.0 Å². The van der Waals surface area contributed by atoms with Crippen molar-refractivity contribution >= 4 is 39.9 Å². The molecule has 9 heteroatoms. The van der Waals surface area contributed by atoms with Crippen molar-refractivity contribution in [1.29, 1.82) is 0 Å². The zero-order chi connectivity index (χ0) is 18.7. The van der Waals surface area contributed by atoms with Crippen LogP contribution in [0.4, 0.5) is 0 Å². The Morgan fingerprint density at radius 2 is 1.89 bits per heavy atom. The lowest BCUT2D eigenvalue weighted by Gasteiger charge is -2.45. The van der Waals surface area contributed by atoms with E-state index >= 15 is 0 Å². The first-order chi connectivity index (χ1) is 12.3. The molecule has 2 fully saturated rings. The molecule has 152 valence electrons. The number of carbonyl (C=O) groups excluding carboxylic acids is 1. The summed E-state index contributed by atoms with van der Waals surface area (Å²) in [6.07, 6.45) is 5.45. The summed E-state index contributed by atoms with van der Waals surface area (Å²) < 4.78 is 26.9. The maximum Gasteiger partial charge on any atom is 0.240 e. The smallest absolute Gasteiger partial charge is 0.240 e. The fourth-order valence-electron chi connectivity index (χ4n) is 4.30. The summed E-state index contributed by atoms with van der Waals surface area (Å²) in [4.78, 5) is 12.4. The van der Waals surface area contributed by atoms with E-state index in [0.29, 0.717) is 16.9 Å². The molecule has 4 N–H and O–H groups in total. The number of sulfonamides is 1. The number of amides is 1. The largest absolute Gasteiger partial charge is 0.353 e. The second-order valence-electron chi connectivity index (χ2n) is 7.38. The highest BCUT2D eigenvalue weighted by Crippen LogP contribution is 2.39. The molecule has 6 nitrogen and oxygen atoms in total. The third kappa shape index (κ3) is 5.81. The second kappa shape index (κ2) is 9.56. The Bertz CT molecular complexity index is 746. The van der Waals surface area contributed by atoms with Gasteiger partial charge < -0.3 is 11.1 Å². The van der Waals surface area contributed by atoms with Crippen LogP contribution in [0.5, 0.6) is 0 Å². The molecular weight excluding hydrogens is 409 g/mol. The number of halogens is 2. The summed E-state index contributed by atoms with van der Waals surface area (Å²) in [5.74, 6) is 0.783. The first kappa shape index (κ1) is 22.4. The second-order valence-corrected chi connectivity index (χ2v) is 9.58. The molecule has 2 aliphatic carbocycles. The van der Waals surface area contributed by atoms with E-state index in [1.807, 2.05) is 0 Å². The van der Waals surface area contributed by atoms with Crippen LogP contribution in [0.1, 0.15) is 38.5 Å². The normalized spacial score (nSPS) is 27.5. The van der Waals surface area contributed by atoms with Gasteiger partial charge in [0.15, 0.2) is 0 Å². The average Bonchev–Trinajstić information content (AvgIpc) is 2.55. The van der Waals surface area contributed by atoms with Crippen molar-refractivity contribution in [3.8, 4) is 0 Å². The standard InChI is InChI=1S/C18H26ClN3O3S.ClH/c19-14-5-2-6-16(11-14)26(24,25)21-8-7-17(23)22-18-12-3-1-4-13(18)10-15(20)9-12;/h2,5-6,11-13,15,18,21H,1,3-4,7-10,20H2,(H,22,23);1H. The Labute approximate surface area is 172 Å². The maximum atomic E-state index is 12.3. The number of rotatable bonds is 6. The van der Waals surface area contributed by atoms with Crippen molar-refractivity contribution in [2.75, 3.05) is 6.54 Å². The number of benzene rings is 1. The zero-order valence-corrected chi connectivity index (χ0v) is 17.5. The summed E-state index contributed by atoms with van der Waals surface area (Å²) in [6.45, 7) is 0.0578. The Balaban J connectivity index is 0.00000261. The summed E-state index contributed by atoms with van der Waals surface area (Å²) in [6, 6.07) is 6.47. The molecule has 0 aliphatic heterocycles. The fraction of sp³-hybridized carbons (Fsp3) is 0.611. The van der Waals surface area contributed by atoms with E-state index in [4.69, 9.17) is 17.3 Å². The lowest BCUT2D eigenvalue weighted by atomic mass is 9.67. The van der Waals surface area contributed by atoms with E-state index in [-0.39, 0.29) is 48.3 Å². The van der Waals surface area contributed by atoms with Gasteiger partial charge in [-0.15, -0.1) is 12.4 Å². The summed E-state index contributed by atoms with van der Waals surface area (Å²) >= 11 is 5.84. The molecule has 2 atom stereocenters. The van der Waals surface area contributed by atoms with Gasteiger partial charge in [0.2, 0.25) is 15.9 Å². The van der Waals surface area contributed by atoms with Crippen LogP contribution < -0.4 is 15.8 Å². The molecule has 0 heterocycles. The predicted molar refractivity (Wildman–Crippen MR) is 108 cm³/mol. The summed E-state index contributed by atoms with van der Waals surface area (Å²) in [5, 5.41) is 3.48. The topological polar surface area (TPSA) is 101 Å².